The minimum atomic E-state index is -0.244. The number of carbonyl (C=O) groups is 1. The monoisotopic (exact) mass is 334 g/mol. The van der Waals surface area contributed by atoms with E-state index in [1.54, 1.807) is 12.4 Å². The number of carbonyl (C=O) groups excluding carboxylic acids is 1. The van der Waals surface area contributed by atoms with E-state index in [1.165, 1.54) is 6.20 Å². The first-order chi connectivity index (χ1) is 12.2. The van der Waals surface area contributed by atoms with E-state index in [9.17, 15) is 4.79 Å². The van der Waals surface area contributed by atoms with Crippen molar-refractivity contribution in [2.75, 3.05) is 24.1 Å². The van der Waals surface area contributed by atoms with E-state index in [1.807, 2.05) is 42.5 Å². The second-order valence-electron chi connectivity index (χ2n) is 5.28. The van der Waals surface area contributed by atoms with Gasteiger partial charge in [0.15, 0.2) is 0 Å². The number of pyridine rings is 1. The summed E-state index contributed by atoms with van der Waals surface area (Å²) in [6, 6.07) is 13.2. The second-order valence-corrected chi connectivity index (χ2v) is 5.28. The molecule has 3 rings (SSSR count). The van der Waals surface area contributed by atoms with Crippen molar-refractivity contribution in [3.63, 3.8) is 0 Å². The summed E-state index contributed by atoms with van der Waals surface area (Å²) in [5, 5.41) is 6.03. The van der Waals surface area contributed by atoms with E-state index in [2.05, 4.69) is 25.6 Å². The summed E-state index contributed by atoms with van der Waals surface area (Å²) in [7, 11) is 0. The van der Waals surface area contributed by atoms with Gasteiger partial charge in [0.2, 0.25) is 5.95 Å². The van der Waals surface area contributed by atoms with Crippen molar-refractivity contribution in [3.05, 3.63) is 66.6 Å². The van der Waals surface area contributed by atoms with Crippen LogP contribution in [0.5, 0.6) is 0 Å². The van der Waals surface area contributed by atoms with Gasteiger partial charge in [-0.15, -0.1) is 0 Å². The largest absolute Gasteiger partial charge is 0.382 e. The standard InChI is InChI=1S/C18H18N6O/c19-18-23-12-15(16(24-18)13-5-2-1-3-6-13)17(25)22-10-9-21-14-7-4-8-20-11-14/h1-8,11-12,21H,9-10H2,(H,22,25)(H2,19,23,24). The molecular formula is C18H18N6O. The molecule has 0 radical (unpaired) electrons. The van der Waals surface area contributed by atoms with Crippen LogP contribution in [0, 0.1) is 0 Å². The molecule has 7 heteroatoms. The third-order valence-electron chi connectivity index (χ3n) is 3.50. The number of nitrogen functional groups attached to an aromatic ring is 1. The van der Waals surface area contributed by atoms with Gasteiger partial charge in [-0.3, -0.25) is 9.78 Å². The molecule has 0 aliphatic carbocycles. The predicted molar refractivity (Wildman–Crippen MR) is 96.9 cm³/mol. The fourth-order valence-corrected chi connectivity index (χ4v) is 2.32. The maximum absolute atomic E-state index is 12.5. The van der Waals surface area contributed by atoms with Crippen molar-refractivity contribution in [2.45, 2.75) is 0 Å². The minimum absolute atomic E-state index is 0.133. The van der Waals surface area contributed by atoms with Gasteiger partial charge in [0.1, 0.15) is 0 Å². The van der Waals surface area contributed by atoms with Crippen LogP contribution < -0.4 is 16.4 Å². The molecule has 4 N–H and O–H groups in total. The molecule has 0 unspecified atom stereocenters. The van der Waals surface area contributed by atoms with Crippen LogP contribution in [-0.2, 0) is 0 Å². The lowest BCUT2D eigenvalue weighted by atomic mass is 10.1. The van der Waals surface area contributed by atoms with Crippen LogP contribution in [0.3, 0.4) is 0 Å². The number of nitrogens with one attached hydrogen (secondary N) is 2. The second kappa shape index (κ2) is 7.87. The van der Waals surface area contributed by atoms with Crippen molar-refractivity contribution in [2.24, 2.45) is 0 Å². The molecule has 0 aliphatic rings. The van der Waals surface area contributed by atoms with E-state index < -0.39 is 0 Å². The Morgan fingerprint density at radius 1 is 1.04 bits per heavy atom. The van der Waals surface area contributed by atoms with E-state index >= 15 is 0 Å². The smallest absolute Gasteiger partial charge is 0.255 e. The maximum Gasteiger partial charge on any atom is 0.255 e. The van der Waals surface area contributed by atoms with Crippen molar-refractivity contribution in [1.29, 1.82) is 0 Å². The van der Waals surface area contributed by atoms with Gasteiger partial charge in [0, 0.05) is 37.2 Å². The van der Waals surface area contributed by atoms with Crippen LogP contribution >= 0.6 is 0 Å². The Hall–Kier alpha value is -3.48. The molecule has 7 nitrogen and oxygen atoms in total. The number of hydrogen-bond acceptors (Lipinski definition) is 6. The molecular weight excluding hydrogens is 316 g/mol. The SMILES string of the molecule is Nc1ncc(C(=O)NCCNc2cccnc2)c(-c2ccccc2)n1. The van der Waals surface area contributed by atoms with Crippen LogP contribution in [0.25, 0.3) is 11.3 Å². The van der Waals surface area contributed by atoms with Crippen LogP contribution in [0.15, 0.2) is 61.1 Å². The van der Waals surface area contributed by atoms with Crippen molar-refractivity contribution < 1.29 is 4.79 Å². The van der Waals surface area contributed by atoms with Gasteiger partial charge in [-0.25, -0.2) is 9.97 Å². The highest BCUT2D eigenvalue weighted by Gasteiger charge is 2.15. The van der Waals surface area contributed by atoms with Gasteiger partial charge < -0.3 is 16.4 Å². The lowest BCUT2D eigenvalue weighted by molar-refractivity contribution is 0.0955. The Kier molecular flexibility index (Phi) is 5.16. The van der Waals surface area contributed by atoms with E-state index in [0.29, 0.717) is 24.3 Å². The molecule has 0 aliphatic heterocycles. The molecule has 2 aromatic heterocycles. The van der Waals surface area contributed by atoms with Crippen LogP contribution in [-0.4, -0.2) is 33.9 Å². The zero-order valence-electron chi connectivity index (χ0n) is 13.5. The summed E-state index contributed by atoms with van der Waals surface area (Å²) < 4.78 is 0. The summed E-state index contributed by atoms with van der Waals surface area (Å²) in [4.78, 5) is 24.7. The Morgan fingerprint density at radius 2 is 1.88 bits per heavy atom. The van der Waals surface area contributed by atoms with Gasteiger partial charge in [0.05, 0.1) is 16.9 Å². The predicted octanol–water partition coefficient (Wildman–Crippen LogP) is 1.96. The van der Waals surface area contributed by atoms with Gasteiger partial charge in [-0.05, 0) is 12.1 Å². The van der Waals surface area contributed by atoms with Gasteiger partial charge in [-0.2, -0.15) is 0 Å². The molecule has 0 bridgehead atoms. The number of rotatable bonds is 6. The third kappa shape index (κ3) is 4.29. The van der Waals surface area contributed by atoms with Crippen molar-refractivity contribution >= 4 is 17.5 Å². The van der Waals surface area contributed by atoms with Crippen LogP contribution in [0.2, 0.25) is 0 Å². The zero-order valence-corrected chi connectivity index (χ0v) is 13.5. The van der Waals surface area contributed by atoms with Crippen LogP contribution in [0.4, 0.5) is 11.6 Å². The third-order valence-corrected chi connectivity index (χ3v) is 3.50. The summed E-state index contributed by atoms with van der Waals surface area (Å²) in [5.74, 6) is -0.111. The number of hydrogen-bond donors (Lipinski definition) is 3. The van der Waals surface area contributed by atoms with E-state index in [4.69, 9.17) is 5.73 Å². The lowest BCUT2D eigenvalue weighted by Crippen LogP contribution is -2.29. The number of benzene rings is 1. The molecule has 2 heterocycles. The number of anilines is 2. The average molecular weight is 334 g/mol. The fraction of sp³-hybridized carbons (Fsp3) is 0.111. The highest BCUT2D eigenvalue weighted by atomic mass is 16.1. The number of aromatic nitrogens is 3. The Balaban J connectivity index is 1.66. The van der Waals surface area contributed by atoms with E-state index in [0.717, 1.165) is 11.3 Å². The molecule has 25 heavy (non-hydrogen) atoms. The topological polar surface area (TPSA) is 106 Å². The minimum Gasteiger partial charge on any atom is -0.382 e. The molecule has 0 atom stereocenters. The molecule has 1 aromatic carbocycles. The number of nitrogens with zero attached hydrogens (tertiary/aromatic N) is 3. The van der Waals surface area contributed by atoms with Crippen molar-refractivity contribution in [1.82, 2.24) is 20.3 Å². The summed E-state index contributed by atoms with van der Waals surface area (Å²) in [6.45, 7) is 1.03. The first kappa shape index (κ1) is 16.4. The number of amides is 1. The maximum atomic E-state index is 12.5. The quantitative estimate of drug-likeness (QED) is 0.595. The summed E-state index contributed by atoms with van der Waals surface area (Å²) in [5.41, 5.74) is 8.31. The highest BCUT2D eigenvalue weighted by molar-refractivity contribution is 5.99. The van der Waals surface area contributed by atoms with Gasteiger partial charge in [0.25, 0.3) is 5.91 Å². The van der Waals surface area contributed by atoms with Crippen LogP contribution in [0.1, 0.15) is 10.4 Å². The molecule has 0 spiro atoms. The van der Waals surface area contributed by atoms with Crippen molar-refractivity contribution in [3.8, 4) is 11.3 Å². The average Bonchev–Trinajstić information content (AvgIpc) is 2.66. The summed E-state index contributed by atoms with van der Waals surface area (Å²) >= 11 is 0. The highest BCUT2D eigenvalue weighted by Crippen LogP contribution is 2.21. The van der Waals surface area contributed by atoms with E-state index in [-0.39, 0.29) is 11.9 Å². The van der Waals surface area contributed by atoms with Gasteiger partial charge in [-0.1, -0.05) is 30.3 Å². The first-order valence-electron chi connectivity index (χ1n) is 7.84. The summed E-state index contributed by atoms with van der Waals surface area (Å²) in [6.07, 6.45) is 4.89. The number of nitrogens with two attached hydrogens (primary N) is 1. The molecule has 0 saturated heterocycles. The lowest BCUT2D eigenvalue weighted by Gasteiger charge is -2.11. The molecule has 126 valence electrons. The Morgan fingerprint density at radius 3 is 2.64 bits per heavy atom. The fourth-order valence-electron chi connectivity index (χ4n) is 2.32. The molecule has 0 saturated carbocycles. The molecule has 0 fully saturated rings. The first-order valence-corrected chi connectivity index (χ1v) is 7.84. The Bertz CT molecular complexity index is 839. The van der Waals surface area contributed by atoms with Gasteiger partial charge >= 0.3 is 0 Å². The normalized spacial score (nSPS) is 10.2. The molecule has 1 amide bonds. The Labute approximate surface area is 145 Å². The molecule has 3 aromatic rings. The zero-order chi connectivity index (χ0) is 17.5.